The van der Waals surface area contributed by atoms with Gasteiger partial charge in [0, 0.05) is 11.1 Å². The second-order valence-electron chi connectivity index (χ2n) is 4.60. The third-order valence-corrected chi connectivity index (χ3v) is 2.31. The Morgan fingerprint density at radius 1 is 1.40 bits per heavy atom. The molecule has 80 valence electrons. The first-order valence-electron chi connectivity index (χ1n) is 4.77. The number of nitrogens with one attached hydrogen (secondary N) is 1. The maximum absolute atomic E-state index is 11.5. The minimum atomic E-state index is -0.210. The Bertz CT molecular complexity index is 559. The van der Waals surface area contributed by atoms with Crippen LogP contribution < -0.4 is 11.3 Å². The number of aromatic nitrogens is 3. The van der Waals surface area contributed by atoms with Gasteiger partial charge in [0.1, 0.15) is 5.52 Å². The van der Waals surface area contributed by atoms with E-state index in [1.807, 2.05) is 6.07 Å². The first kappa shape index (κ1) is 9.76. The zero-order valence-corrected chi connectivity index (χ0v) is 9.03. The van der Waals surface area contributed by atoms with Crippen molar-refractivity contribution in [2.24, 2.45) is 0 Å². The predicted octanol–water partition coefficient (Wildman–Crippen LogP) is 0.902. The Morgan fingerprint density at radius 3 is 2.67 bits per heavy atom. The first-order chi connectivity index (χ1) is 6.89. The molecule has 0 radical (unpaired) electrons. The van der Waals surface area contributed by atoms with Gasteiger partial charge in [-0.05, 0) is 12.1 Å². The van der Waals surface area contributed by atoms with Gasteiger partial charge in [-0.15, -0.1) is 5.10 Å². The molecule has 0 aliphatic heterocycles. The molecule has 0 fully saturated rings. The number of anilines is 1. The molecule has 2 aromatic heterocycles. The first-order valence-corrected chi connectivity index (χ1v) is 4.77. The number of hydrogen-bond donors (Lipinski definition) is 2. The molecule has 0 aliphatic carbocycles. The molecule has 0 unspecified atom stereocenters. The summed E-state index contributed by atoms with van der Waals surface area (Å²) >= 11 is 0. The van der Waals surface area contributed by atoms with Gasteiger partial charge in [0.05, 0.1) is 0 Å². The molecule has 0 saturated heterocycles. The summed E-state index contributed by atoms with van der Waals surface area (Å²) < 4.78 is 1.61. The third kappa shape index (κ3) is 1.49. The summed E-state index contributed by atoms with van der Waals surface area (Å²) in [4.78, 5) is 14.0. The highest BCUT2D eigenvalue weighted by Gasteiger charge is 2.19. The van der Waals surface area contributed by atoms with Crippen molar-refractivity contribution >= 4 is 11.5 Å². The quantitative estimate of drug-likeness (QED) is 0.672. The van der Waals surface area contributed by atoms with E-state index in [4.69, 9.17) is 5.73 Å². The zero-order chi connectivity index (χ0) is 11.2. The number of rotatable bonds is 0. The fourth-order valence-electron chi connectivity index (χ4n) is 1.59. The van der Waals surface area contributed by atoms with Crippen LogP contribution in [-0.2, 0) is 5.41 Å². The number of nitrogen functional groups attached to an aromatic ring is 1. The summed E-state index contributed by atoms with van der Waals surface area (Å²) in [6.07, 6.45) is 0. The van der Waals surface area contributed by atoms with Crippen LogP contribution in [0.4, 0.5) is 5.95 Å². The van der Waals surface area contributed by atoms with Gasteiger partial charge in [0.25, 0.3) is 5.56 Å². The molecule has 0 spiro atoms. The van der Waals surface area contributed by atoms with Crippen molar-refractivity contribution in [1.82, 2.24) is 14.6 Å². The van der Waals surface area contributed by atoms with Gasteiger partial charge in [0.2, 0.25) is 5.95 Å². The average molecular weight is 206 g/mol. The van der Waals surface area contributed by atoms with Crippen LogP contribution in [0.5, 0.6) is 0 Å². The van der Waals surface area contributed by atoms with Crippen molar-refractivity contribution in [3.63, 3.8) is 0 Å². The van der Waals surface area contributed by atoms with Crippen molar-refractivity contribution in [3.05, 3.63) is 28.2 Å². The van der Waals surface area contributed by atoms with Gasteiger partial charge in [-0.2, -0.15) is 0 Å². The summed E-state index contributed by atoms with van der Waals surface area (Å²) in [5.74, 6) is 0.134. The summed E-state index contributed by atoms with van der Waals surface area (Å²) in [6, 6.07) is 3.66. The van der Waals surface area contributed by atoms with Crippen molar-refractivity contribution in [2.75, 3.05) is 5.73 Å². The number of nitrogens with two attached hydrogens (primary N) is 1. The second kappa shape index (κ2) is 2.85. The van der Waals surface area contributed by atoms with E-state index >= 15 is 0 Å². The van der Waals surface area contributed by atoms with E-state index < -0.39 is 0 Å². The SMILES string of the molecule is CC(C)(C)c1ccc2c(=O)[nH]c(N)nn12. The van der Waals surface area contributed by atoms with E-state index in [1.165, 1.54) is 0 Å². The molecule has 0 saturated carbocycles. The third-order valence-electron chi connectivity index (χ3n) is 2.31. The van der Waals surface area contributed by atoms with Crippen molar-refractivity contribution in [1.29, 1.82) is 0 Å². The van der Waals surface area contributed by atoms with Gasteiger partial charge in [-0.3, -0.25) is 9.78 Å². The fourth-order valence-corrected chi connectivity index (χ4v) is 1.59. The zero-order valence-electron chi connectivity index (χ0n) is 9.03. The largest absolute Gasteiger partial charge is 0.368 e. The highest BCUT2D eigenvalue weighted by atomic mass is 16.1. The molecular weight excluding hydrogens is 192 g/mol. The fraction of sp³-hybridized carbons (Fsp3) is 0.400. The van der Waals surface area contributed by atoms with Crippen LogP contribution in [0.1, 0.15) is 26.5 Å². The molecule has 2 aromatic rings. The molecule has 2 rings (SSSR count). The normalized spacial score (nSPS) is 12.2. The average Bonchev–Trinajstić information content (AvgIpc) is 2.45. The number of hydrogen-bond acceptors (Lipinski definition) is 3. The summed E-state index contributed by atoms with van der Waals surface area (Å²) in [7, 11) is 0. The summed E-state index contributed by atoms with van der Waals surface area (Å²) in [5.41, 5.74) is 6.72. The van der Waals surface area contributed by atoms with Crippen LogP contribution in [0.3, 0.4) is 0 Å². The van der Waals surface area contributed by atoms with Crippen molar-refractivity contribution in [2.45, 2.75) is 26.2 Å². The smallest absolute Gasteiger partial charge is 0.276 e. The molecule has 2 heterocycles. The van der Waals surface area contributed by atoms with Gasteiger partial charge in [0.15, 0.2) is 0 Å². The standard InChI is InChI=1S/C10H14N4O/c1-10(2,3)7-5-4-6-8(15)12-9(11)13-14(6)7/h4-5H,1-3H3,(H3,11,12,13,15). The van der Waals surface area contributed by atoms with Crippen LogP contribution in [0.2, 0.25) is 0 Å². The lowest BCUT2D eigenvalue weighted by Crippen LogP contribution is -2.20. The minimum Gasteiger partial charge on any atom is -0.368 e. The molecule has 3 N–H and O–H groups in total. The van der Waals surface area contributed by atoms with Crippen LogP contribution >= 0.6 is 0 Å². The lowest BCUT2D eigenvalue weighted by molar-refractivity contribution is 0.550. The van der Waals surface area contributed by atoms with E-state index in [9.17, 15) is 4.79 Å². The Kier molecular flexibility index (Phi) is 1.86. The predicted molar refractivity (Wildman–Crippen MR) is 58.9 cm³/mol. The lowest BCUT2D eigenvalue weighted by Gasteiger charge is -2.17. The molecule has 0 amide bonds. The topological polar surface area (TPSA) is 76.2 Å². The molecule has 5 heteroatoms. The summed E-state index contributed by atoms with van der Waals surface area (Å²) in [6.45, 7) is 6.19. The van der Waals surface area contributed by atoms with E-state index in [-0.39, 0.29) is 16.9 Å². The Labute approximate surface area is 86.9 Å². The van der Waals surface area contributed by atoms with Crippen LogP contribution in [-0.4, -0.2) is 14.6 Å². The van der Waals surface area contributed by atoms with Crippen LogP contribution in [0.15, 0.2) is 16.9 Å². The molecule has 5 nitrogen and oxygen atoms in total. The van der Waals surface area contributed by atoms with Crippen LogP contribution in [0.25, 0.3) is 5.52 Å². The molecular formula is C10H14N4O. The molecule has 0 atom stereocenters. The second-order valence-corrected chi connectivity index (χ2v) is 4.60. The van der Waals surface area contributed by atoms with Gasteiger partial charge >= 0.3 is 0 Å². The van der Waals surface area contributed by atoms with Crippen molar-refractivity contribution in [3.8, 4) is 0 Å². The van der Waals surface area contributed by atoms with Gasteiger partial charge < -0.3 is 5.73 Å². The highest BCUT2D eigenvalue weighted by Crippen LogP contribution is 2.22. The van der Waals surface area contributed by atoms with E-state index in [1.54, 1.807) is 10.6 Å². The van der Waals surface area contributed by atoms with E-state index in [0.29, 0.717) is 5.52 Å². The Hall–Kier alpha value is -1.78. The number of H-pyrrole nitrogens is 1. The summed E-state index contributed by atoms with van der Waals surface area (Å²) in [5, 5.41) is 4.10. The van der Waals surface area contributed by atoms with E-state index in [0.717, 1.165) is 5.69 Å². The Morgan fingerprint density at radius 2 is 2.07 bits per heavy atom. The molecule has 15 heavy (non-hydrogen) atoms. The number of nitrogens with zero attached hydrogens (tertiary/aromatic N) is 2. The number of fused-ring (bicyclic) bond motifs is 1. The van der Waals surface area contributed by atoms with Crippen molar-refractivity contribution < 1.29 is 0 Å². The van der Waals surface area contributed by atoms with Crippen LogP contribution in [0, 0.1) is 0 Å². The molecule has 0 aromatic carbocycles. The monoisotopic (exact) mass is 206 g/mol. The maximum Gasteiger partial charge on any atom is 0.276 e. The number of aromatic amines is 1. The molecule has 0 bridgehead atoms. The van der Waals surface area contributed by atoms with Gasteiger partial charge in [-0.1, -0.05) is 20.8 Å². The Balaban J connectivity index is 2.86. The highest BCUT2D eigenvalue weighted by molar-refractivity contribution is 5.48. The lowest BCUT2D eigenvalue weighted by atomic mass is 9.93. The van der Waals surface area contributed by atoms with Gasteiger partial charge in [-0.25, -0.2) is 4.52 Å². The molecule has 0 aliphatic rings. The minimum absolute atomic E-state index is 0.0698. The maximum atomic E-state index is 11.5. The van der Waals surface area contributed by atoms with E-state index in [2.05, 4.69) is 30.9 Å².